The second-order valence-corrected chi connectivity index (χ2v) is 9.35. The number of nitrogens with zero attached hydrogens (tertiary/aromatic N) is 5. The molecule has 1 aromatic heterocycles. The van der Waals surface area contributed by atoms with Crippen molar-refractivity contribution >= 4 is 17.3 Å². The number of carbonyl (C=O) groups excluding carboxylic acids is 1. The summed E-state index contributed by atoms with van der Waals surface area (Å²) in [5, 5.41) is 11.6. The Bertz CT molecular complexity index is 1340. The average molecular weight is 499 g/mol. The Kier molecular flexibility index (Phi) is 7.56. The first kappa shape index (κ1) is 24.6. The number of fused-ring (bicyclic) bond motifs is 1. The zero-order valence-corrected chi connectivity index (χ0v) is 21.0. The van der Waals surface area contributed by atoms with Crippen molar-refractivity contribution in [2.45, 2.75) is 32.5 Å². The van der Waals surface area contributed by atoms with Crippen LogP contribution in [0.2, 0.25) is 0 Å². The normalized spacial score (nSPS) is 13.6. The van der Waals surface area contributed by atoms with Crippen molar-refractivity contribution < 1.29 is 9.18 Å². The largest absolute Gasteiger partial charge is 0.349 e. The highest BCUT2D eigenvalue weighted by molar-refractivity contribution is 5.78. The van der Waals surface area contributed by atoms with Gasteiger partial charge in [-0.3, -0.25) is 9.69 Å². The van der Waals surface area contributed by atoms with Crippen molar-refractivity contribution in [1.29, 1.82) is 0 Å². The van der Waals surface area contributed by atoms with E-state index in [0.717, 1.165) is 55.6 Å². The zero-order chi connectivity index (χ0) is 25.6. The van der Waals surface area contributed by atoms with Crippen LogP contribution in [0.1, 0.15) is 22.8 Å². The Hall–Kier alpha value is -4.04. The van der Waals surface area contributed by atoms with Crippen LogP contribution in [0.3, 0.4) is 0 Å². The maximum Gasteiger partial charge on any atom is 0.224 e. The van der Waals surface area contributed by atoms with Crippen LogP contribution in [0.15, 0.2) is 78.9 Å². The summed E-state index contributed by atoms with van der Waals surface area (Å²) in [6.45, 7) is 3.72. The maximum atomic E-state index is 13.4. The van der Waals surface area contributed by atoms with Gasteiger partial charge in [-0.25, -0.2) is 4.39 Å². The first-order valence-corrected chi connectivity index (χ1v) is 12.6. The number of rotatable bonds is 8. The molecular weight excluding hydrogens is 467 g/mol. The summed E-state index contributed by atoms with van der Waals surface area (Å²) in [5.74, 6) is 1.18. The summed E-state index contributed by atoms with van der Waals surface area (Å²) in [5.41, 5.74) is 4.23. The number of halogens is 1. The van der Waals surface area contributed by atoms with Gasteiger partial charge in [-0.2, -0.15) is 0 Å². The monoisotopic (exact) mass is 498 g/mol. The number of hydrogen-bond donors (Lipinski definition) is 1. The summed E-state index contributed by atoms with van der Waals surface area (Å²) in [7, 11) is 2.08. The van der Waals surface area contributed by atoms with Gasteiger partial charge >= 0.3 is 0 Å². The Morgan fingerprint density at radius 1 is 0.919 bits per heavy atom. The minimum atomic E-state index is -0.340. The predicted molar refractivity (Wildman–Crippen MR) is 142 cm³/mol. The lowest BCUT2D eigenvalue weighted by Gasteiger charge is -2.22. The van der Waals surface area contributed by atoms with Gasteiger partial charge < -0.3 is 14.8 Å². The molecule has 1 amide bonds. The number of aromatic nitrogens is 3. The predicted octanol–water partition coefficient (Wildman–Crippen LogP) is 4.10. The number of amides is 1. The van der Waals surface area contributed by atoms with Gasteiger partial charge in [0.2, 0.25) is 5.91 Å². The van der Waals surface area contributed by atoms with Gasteiger partial charge in [-0.05, 0) is 47.5 Å². The van der Waals surface area contributed by atoms with Gasteiger partial charge in [0.15, 0.2) is 5.82 Å². The number of anilines is 2. The fourth-order valence-electron chi connectivity index (χ4n) is 4.67. The molecule has 5 rings (SSSR count). The molecule has 0 saturated carbocycles. The minimum Gasteiger partial charge on any atom is -0.349 e. The molecule has 37 heavy (non-hydrogen) atoms. The van der Waals surface area contributed by atoms with Crippen LogP contribution in [0, 0.1) is 5.82 Å². The summed E-state index contributed by atoms with van der Waals surface area (Å²) >= 11 is 0. The second-order valence-electron chi connectivity index (χ2n) is 9.35. The topological polar surface area (TPSA) is 66.3 Å². The zero-order valence-electron chi connectivity index (χ0n) is 21.0. The molecule has 3 aromatic carbocycles. The van der Waals surface area contributed by atoms with Crippen molar-refractivity contribution in [2.75, 3.05) is 25.0 Å². The van der Waals surface area contributed by atoms with Crippen LogP contribution in [-0.4, -0.2) is 45.7 Å². The number of hydrogen-bond acceptors (Lipinski definition) is 5. The van der Waals surface area contributed by atoms with Crippen LogP contribution in [-0.2, 0) is 37.3 Å². The number of benzene rings is 3. The molecule has 0 atom stereocenters. The third-order valence-corrected chi connectivity index (χ3v) is 6.77. The van der Waals surface area contributed by atoms with E-state index in [0.29, 0.717) is 12.1 Å². The Morgan fingerprint density at radius 2 is 1.70 bits per heavy atom. The molecule has 2 heterocycles. The van der Waals surface area contributed by atoms with E-state index in [4.69, 9.17) is 0 Å². The molecule has 0 bridgehead atoms. The third kappa shape index (κ3) is 6.21. The molecule has 190 valence electrons. The maximum absolute atomic E-state index is 13.4. The highest BCUT2D eigenvalue weighted by atomic mass is 19.1. The molecular formula is C29H31FN6O. The van der Waals surface area contributed by atoms with Crippen LogP contribution >= 0.6 is 0 Å². The standard InChI is InChI=1S/C29H31FN6O/c1-34(25-8-3-2-4-9-25)26-12-10-22(11-13-26)21-35-15-14-27-32-33-28(36(27)17-16-35)20-31-29(37)19-23-6-5-7-24(30)18-23/h2-13,18H,14-17,19-21H2,1H3,(H,31,37). The van der Waals surface area contributed by atoms with Crippen molar-refractivity contribution in [3.8, 4) is 0 Å². The highest BCUT2D eigenvalue weighted by Gasteiger charge is 2.19. The molecule has 0 saturated heterocycles. The summed E-state index contributed by atoms with van der Waals surface area (Å²) in [6, 6.07) is 25.2. The second kappa shape index (κ2) is 11.3. The summed E-state index contributed by atoms with van der Waals surface area (Å²) in [6.07, 6.45) is 0.936. The fraction of sp³-hybridized carbons (Fsp3) is 0.276. The lowest BCUT2D eigenvalue weighted by atomic mass is 10.1. The molecule has 4 aromatic rings. The van der Waals surface area contributed by atoms with Crippen molar-refractivity contribution in [3.63, 3.8) is 0 Å². The molecule has 1 N–H and O–H groups in total. The summed E-state index contributed by atoms with van der Waals surface area (Å²) in [4.78, 5) is 17.0. The first-order chi connectivity index (χ1) is 18.0. The van der Waals surface area contributed by atoms with Gasteiger partial charge in [0.1, 0.15) is 11.6 Å². The quantitative estimate of drug-likeness (QED) is 0.396. The first-order valence-electron chi connectivity index (χ1n) is 12.6. The molecule has 0 aliphatic carbocycles. The molecule has 8 heteroatoms. The van der Waals surface area contributed by atoms with Crippen molar-refractivity contribution in [1.82, 2.24) is 25.0 Å². The van der Waals surface area contributed by atoms with Crippen LogP contribution in [0.4, 0.5) is 15.8 Å². The smallest absolute Gasteiger partial charge is 0.224 e. The molecule has 1 aliphatic rings. The number of nitrogens with one attached hydrogen (secondary N) is 1. The van der Waals surface area contributed by atoms with E-state index in [-0.39, 0.29) is 18.1 Å². The van der Waals surface area contributed by atoms with E-state index in [2.05, 4.69) is 73.3 Å². The van der Waals surface area contributed by atoms with Crippen molar-refractivity contribution in [3.05, 3.63) is 107 Å². The van der Waals surface area contributed by atoms with E-state index >= 15 is 0 Å². The fourth-order valence-corrected chi connectivity index (χ4v) is 4.67. The lowest BCUT2D eigenvalue weighted by Crippen LogP contribution is -2.28. The minimum absolute atomic E-state index is 0.131. The SMILES string of the molecule is CN(c1ccccc1)c1ccc(CN2CCc3nnc(CNC(=O)Cc4cccc(F)c4)n3CC2)cc1. The van der Waals surface area contributed by atoms with Gasteiger partial charge in [0.05, 0.1) is 13.0 Å². The molecule has 0 spiro atoms. The van der Waals surface area contributed by atoms with E-state index in [1.807, 2.05) is 18.2 Å². The Balaban J connectivity index is 1.14. The molecule has 0 fully saturated rings. The Labute approximate surface area is 216 Å². The highest BCUT2D eigenvalue weighted by Crippen LogP contribution is 2.24. The van der Waals surface area contributed by atoms with Crippen molar-refractivity contribution in [2.24, 2.45) is 0 Å². The molecule has 7 nitrogen and oxygen atoms in total. The number of para-hydroxylation sites is 1. The van der Waals surface area contributed by atoms with E-state index in [9.17, 15) is 9.18 Å². The molecule has 0 radical (unpaired) electrons. The Morgan fingerprint density at radius 3 is 2.49 bits per heavy atom. The molecule has 0 unspecified atom stereocenters. The van der Waals surface area contributed by atoms with Crippen LogP contribution in [0.25, 0.3) is 0 Å². The number of carbonyl (C=O) groups is 1. The van der Waals surface area contributed by atoms with Gasteiger partial charge in [-0.15, -0.1) is 10.2 Å². The van der Waals surface area contributed by atoms with Crippen LogP contribution in [0.5, 0.6) is 0 Å². The van der Waals surface area contributed by atoms with Gasteiger partial charge in [-0.1, -0.05) is 42.5 Å². The lowest BCUT2D eigenvalue weighted by molar-refractivity contribution is -0.120. The van der Waals surface area contributed by atoms with Gasteiger partial charge in [0.25, 0.3) is 0 Å². The molecule has 1 aliphatic heterocycles. The van der Waals surface area contributed by atoms with E-state index in [1.54, 1.807) is 12.1 Å². The third-order valence-electron chi connectivity index (χ3n) is 6.77. The van der Waals surface area contributed by atoms with E-state index < -0.39 is 0 Å². The average Bonchev–Trinajstić information content (AvgIpc) is 3.20. The van der Waals surface area contributed by atoms with E-state index in [1.165, 1.54) is 17.7 Å². The van der Waals surface area contributed by atoms with Gasteiger partial charge in [0, 0.05) is 51.0 Å². The van der Waals surface area contributed by atoms with Crippen LogP contribution < -0.4 is 10.2 Å². The summed E-state index contributed by atoms with van der Waals surface area (Å²) < 4.78 is 15.5.